The Balaban J connectivity index is 2.32. The summed E-state index contributed by atoms with van der Waals surface area (Å²) in [5.74, 6) is 0. The normalized spacial score (nSPS) is 12.8. The molecule has 0 aliphatic rings. The maximum atomic E-state index is 6.33. The van der Waals surface area contributed by atoms with Crippen molar-refractivity contribution in [3.8, 4) is 0 Å². The predicted octanol–water partition coefficient (Wildman–Crippen LogP) is 3.53. The third-order valence-corrected chi connectivity index (χ3v) is 5.24. The summed E-state index contributed by atoms with van der Waals surface area (Å²) in [6.45, 7) is 2.22. The Morgan fingerprint density at radius 2 is 1.92 bits per heavy atom. The fourth-order valence-corrected chi connectivity index (χ4v) is 4.23. The van der Waals surface area contributed by atoms with Gasteiger partial charge < -0.3 is 0 Å². The topological polar surface area (TPSA) is 0 Å². The second-order valence-corrected chi connectivity index (χ2v) is 7.46. The van der Waals surface area contributed by atoms with E-state index < -0.39 is 8.11 Å². The van der Waals surface area contributed by atoms with Crippen LogP contribution in [-0.2, 0) is 6.04 Å². The summed E-state index contributed by atoms with van der Waals surface area (Å²) in [5, 5.41) is 0. The van der Waals surface area contributed by atoms with Crippen LogP contribution in [0.1, 0.15) is 25.3 Å². The van der Waals surface area contributed by atoms with Gasteiger partial charge in [0.1, 0.15) is 8.11 Å². The van der Waals surface area contributed by atoms with Gasteiger partial charge in [0.2, 0.25) is 0 Å². The average Bonchev–Trinajstić information content (AvgIpc) is 2.16. The molecule has 0 heterocycles. The van der Waals surface area contributed by atoms with Gasteiger partial charge in [-0.25, -0.2) is 0 Å². The first-order valence-corrected chi connectivity index (χ1v) is 8.38. The average molecular weight is 213 g/mol. The van der Waals surface area contributed by atoms with Crippen molar-refractivity contribution in [3.63, 3.8) is 0 Å². The number of unbranched alkanes of at least 4 members (excludes halogenated alkanes) is 1. The molecule has 0 saturated heterocycles. The van der Waals surface area contributed by atoms with Crippen LogP contribution in [0.15, 0.2) is 30.3 Å². The lowest BCUT2D eigenvalue weighted by molar-refractivity contribution is 0.875. The van der Waals surface area contributed by atoms with Gasteiger partial charge in [0.15, 0.2) is 0 Å². The van der Waals surface area contributed by atoms with Gasteiger partial charge in [0.05, 0.1) is 0 Å². The zero-order chi connectivity index (χ0) is 9.52. The summed E-state index contributed by atoms with van der Waals surface area (Å²) in [6, 6.07) is 13.0. The molecule has 72 valence electrons. The van der Waals surface area contributed by atoms with Crippen molar-refractivity contribution in [2.24, 2.45) is 0 Å². The van der Waals surface area contributed by atoms with Crippen LogP contribution in [0.2, 0.25) is 6.04 Å². The zero-order valence-electron chi connectivity index (χ0n) is 8.17. The smallest absolute Gasteiger partial charge is 0.145 e. The molecule has 13 heavy (non-hydrogen) atoms. The predicted molar refractivity (Wildman–Crippen MR) is 62.9 cm³/mol. The Morgan fingerprint density at radius 3 is 2.54 bits per heavy atom. The minimum absolute atomic E-state index is 0.974. The van der Waals surface area contributed by atoms with Crippen LogP contribution in [0.3, 0.4) is 0 Å². The van der Waals surface area contributed by atoms with Crippen LogP contribution in [0.5, 0.6) is 0 Å². The summed E-state index contributed by atoms with van der Waals surface area (Å²) in [5.41, 5.74) is 1.41. The van der Waals surface area contributed by atoms with E-state index in [0.717, 1.165) is 6.04 Å². The highest BCUT2D eigenvalue weighted by molar-refractivity contribution is 7.06. The van der Waals surface area contributed by atoms with Gasteiger partial charge in [-0.1, -0.05) is 50.1 Å². The number of hydrogen-bond acceptors (Lipinski definition) is 0. The van der Waals surface area contributed by atoms with Crippen LogP contribution in [0.25, 0.3) is 0 Å². The van der Waals surface area contributed by atoms with Gasteiger partial charge in [0, 0.05) is 0 Å². The molecule has 2 heteroatoms. The molecular weight excluding hydrogens is 196 g/mol. The van der Waals surface area contributed by atoms with Crippen LogP contribution in [0.4, 0.5) is 0 Å². The van der Waals surface area contributed by atoms with Crippen molar-refractivity contribution in [1.29, 1.82) is 0 Å². The van der Waals surface area contributed by atoms with E-state index in [4.69, 9.17) is 11.1 Å². The van der Waals surface area contributed by atoms with Gasteiger partial charge in [0.25, 0.3) is 0 Å². The van der Waals surface area contributed by atoms with Crippen molar-refractivity contribution >= 4 is 19.2 Å². The summed E-state index contributed by atoms with van der Waals surface area (Å²) in [7, 11) is -0.974. The van der Waals surface area contributed by atoms with Crippen molar-refractivity contribution in [2.75, 3.05) is 0 Å². The Labute approximate surface area is 87.2 Å². The molecule has 1 atom stereocenters. The first-order valence-electron chi connectivity index (χ1n) is 5.01. The molecule has 0 aromatic heterocycles. The first kappa shape index (κ1) is 10.8. The largest absolute Gasteiger partial charge is 0.171 e. The third kappa shape index (κ3) is 4.49. The summed E-state index contributed by atoms with van der Waals surface area (Å²) in [4.78, 5) is 0. The lowest BCUT2D eigenvalue weighted by atomic mass is 10.2. The molecule has 0 radical (unpaired) electrons. The Bertz CT molecular complexity index is 223. The highest BCUT2D eigenvalue weighted by atomic mass is 35.6. The molecule has 1 unspecified atom stereocenters. The Hall–Kier alpha value is -0.273. The maximum Gasteiger partial charge on any atom is 0.145 e. The molecule has 0 amide bonds. The van der Waals surface area contributed by atoms with Gasteiger partial charge in [-0.15, -0.1) is 0 Å². The standard InChI is InChI=1S/C11H17ClSi/c1-2-3-9-13(12)10-11-7-5-4-6-8-11/h4-8,13H,2-3,9-10H2,1H3. The minimum Gasteiger partial charge on any atom is -0.171 e. The SMILES string of the molecule is CCCC[SiH](Cl)Cc1ccccc1. The van der Waals surface area contributed by atoms with E-state index in [0.29, 0.717) is 0 Å². The fraction of sp³-hybridized carbons (Fsp3) is 0.455. The fourth-order valence-electron chi connectivity index (χ4n) is 1.40. The maximum absolute atomic E-state index is 6.33. The quantitative estimate of drug-likeness (QED) is 0.518. The van der Waals surface area contributed by atoms with E-state index in [9.17, 15) is 0 Å². The molecule has 0 spiro atoms. The van der Waals surface area contributed by atoms with Gasteiger partial charge in [-0.3, -0.25) is 0 Å². The summed E-state index contributed by atoms with van der Waals surface area (Å²) < 4.78 is 0. The molecular formula is C11H17ClSi. The molecule has 0 aliphatic heterocycles. The molecule has 0 nitrogen and oxygen atoms in total. The number of halogens is 1. The zero-order valence-corrected chi connectivity index (χ0v) is 10.1. The number of rotatable bonds is 5. The van der Waals surface area contributed by atoms with Crippen molar-refractivity contribution in [1.82, 2.24) is 0 Å². The molecule has 0 N–H and O–H groups in total. The van der Waals surface area contributed by atoms with Crippen LogP contribution in [-0.4, -0.2) is 8.11 Å². The minimum atomic E-state index is -0.974. The lowest BCUT2D eigenvalue weighted by Gasteiger charge is -2.06. The molecule has 0 aliphatic carbocycles. The molecule has 0 fully saturated rings. The lowest BCUT2D eigenvalue weighted by Crippen LogP contribution is -2.08. The molecule has 0 bridgehead atoms. The van der Waals surface area contributed by atoms with Crippen LogP contribution >= 0.6 is 11.1 Å². The van der Waals surface area contributed by atoms with Crippen molar-refractivity contribution in [2.45, 2.75) is 31.9 Å². The van der Waals surface area contributed by atoms with Gasteiger partial charge in [-0.2, -0.15) is 11.1 Å². The molecule has 0 saturated carbocycles. The van der Waals surface area contributed by atoms with Crippen LogP contribution < -0.4 is 0 Å². The Kier molecular flexibility index (Phi) is 5.17. The highest BCUT2D eigenvalue weighted by Gasteiger charge is 2.06. The highest BCUT2D eigenvalue weighted by Crippen LogP contribution is 2.11. The van der Waals surface area contributed by atoms with Crippen molar-refractivity contribution < 1.29 is 0 Å². The van der Waals surface area contributed by atoms with Gasteiger partial charge >= 0.3 is 0 Å². The van der Waals surface area contributed by atoms with Crippen molar-refractivity contribution in [3.05, 3.63) is 35.9 Å². The molecule has 1 aromatic rings. The first-order chi connectivity index (χ1) is 6.33. The Morgan fingerprint density at radius 1 is 1.23 bits per heavy atom. The van der Waals surface area contributed by atoms with E-state index in [2.05, 4.69) is 37.3 Å². The van der Waals surface area contributed by atoms with E-state index in [1.54, 1.807) is 0 Å². The summed E-state index contributed by atoms with van der Waals surface area (Å²) in [6.07, 6.45) is 2.57. The van der Waals surface area contributed by atoms with E-state index in [-0.39, 0.29) is 0 Å². The molecule has 1 rings (SSSR count). The van der Waals surface area contributed by atoms with Gasteiger partial charge in [-0.05, 0) is 17.7 Å². The second kappa shape index (κ2) is 6.22. The molecule has 1 aromatic carbocycles. The third-order valence-electron chi connectivity index (χ3n) is 2.17. The number of hydrogen-bond donors (Lipinski definition) is 0. The van der Waals surface area contributed by atoms with E-state index >= 15 is 0 Å². The second-order valence-electron chi connectivity index (χ2n) is 3.43. The number of benzene rings is 1. The van der Waals surface area contributed by atoms with Crippen LogP contribution in [0, 0.1) is 0 Å². The van der Waals surface area contributed by atoms with E-state index in [1.165, 1.54) is 24.4 Å². The monoisotopic (exact) mass is 212 g/mol. The van der Waals surface area contributed by atoms with E-state index in [1.807, 2.05) is 0 Å². The summed E-state index contributed by atoms with van der Waals surface area (Å²) >= 11 is 6.33.